The first-order valence-corrected chi connectivity index (χ1v) is 7.78. The maximum Gasteiger partial charge on any atom is 0.0923 e. The second-order valence-electron chi connectivity index (χ2n) is 6.07. The van der Waals surface area contributed by atoms with Gasteiger partial charge in [-0.15, -0.1) is 0 Å². The summed E-state index contributed by atoms with van der Waals surface area (Å²) in [6, 6.07) is 9.11. The van der Waals surface area contributed by atoms with Crippen LogP contribution in [0.4, 0.5) is 0 Å². The first-order valence-electron chi connectivity index (χ1n) is 7.78. The number of piperidine rings is 1. The smallest absolute Gasteiger partial charge is 0.0923 e. The van der Waals surface area contributed by atoms with Crippen molar-refractivity contribution in [3.63, 3.8) is 0 Å². The fourth-order valence-corrected chi connectivity index (χ4v) is 3.56. The minimum Gasteiger partial charge on any atom is -0.317 e. The lowest BCUT2D eigenvalue weighted by Gasteiger charge is -2.20. The molecule has 0 atom stereocenters. The molecule has 1 aromatic heterocycles. The molecule has 1 aliphatic carbocycles. The molecular formula is C17H21N3. The number of aryl methyl sites for hydroxylation is 2. The van der Waals surface area contributed by atoms with Gasteiger partial charge in [0.1, 0.15) is 0 Å². The minimum absolute atomic E-state index is 0.645. The standard InChI is InChI=1S/C17H21N3/c1-2-12-4-5-15(10-14(12)3-1)17-11-16(19-20-17)13-6-8-18-9-7-13/h4-5,10-11,13,18H,1-3,6-9H2,(H,19,20). The zero-order valence-electron chi connectivity index (χ0n) is 11.8. The van der Waals surface area contributed by atoms with Gasteiger partial charge in [-0.25, -0.2) is 0 Å². The van der Waals surface area contributed by atoms with Gasteiger partial charge in [0.25, 0.3) is 0 Å². The maximum atomic E-state index is 4.54. The number of benzene rings is 1. The molecule has 20 heavy (non-hydrogen) atoms. The Balaban J connectivity index is 1.61. The topological polar surface area (TPSA) is 40.7 Å². The molecule has 0 amide bonds. The van der Waals surface area contributed by atoms with Crippen LogP contribution >= 0.6 is 0 Å². The van der Waals surface area contributed by atoms with E-state index >= 15 is 0 Å². The Morgan fingerprint density at radius 3 is 2.75 bits per heavy atom. The predicted molar refractivity (Wildman–Crippen MR) is 80.9 cm³/mol. The van der Waals surface area contributed by atoms with Crippen molar-refractivity contribution in [1.82, 2.24) is 15.5 Å². The molecule has 0 saturated carbocycles. The third kappa shape index (κ3) is 2.16. The Bertz CT molecular complexity index is 608. The normalized spacial score (nSPS) is 19.2. The lowest BCUT2D eigenvalue weighted by Crippen LogP contribution is -2.26. The Kier molecular flexibility index (Phi) is 3.07. The van der Waals surface area contributed by atoms with E-state index in [-0.39, 0.29) is 0 Å². The van der Waals surface area contributed by atoms with Crippen molar-refractivity contribution in [2.24, 2.45) is 0 Å². The molecule has 3 nitrogen and oxygen atoms in total. The van der Waals surface area contributed by atoms with E-state index in [0.717, 1.165) is 18.8 Å². The molecule has 0 bridgehead atoms. The molecule has 0 radical (unpaired) electrons. The number of H-pyrrole nitrogens is 1. The van der Waals surface area contributed by atoms with Crippen molar-refractivity contribution in [2.75, 3.05) is 13.1 Å². The lowest BCUT2D eigenvalue weighted by molar-refractivity contribution is 0.453. The molecular weight excluding hydrogens is 246 g/mol. The fourth-order valence-electron chi connectivity index (χ4n) is 3.56. The van der Waals surface area contributed by atoms with Gasteiger partial charge >= 0.3 is 0 Å². The zero-order chi connectivity index (χ0) is 13.4. The highest BCUT2D eigenvalue weighted by atomic mass is 15.1. The summed E-state index contributed by atoms with van der Waals surface area (Å²) in [7, 11) is 0. The van der Waals surface area contributed by atoms with Gasteiger partial charge in [-0.1, -0.05) is 12.1 Å². The van der Waals surface area contributed by atoms with E-state index in [1.54, 1.807) is 0 Å². The van der Waals surface area contributed by atoms with Gasteiger partial charge in [-0.2, -0.15) is 5.10 Å². The molecule has 3 heteroatoms. The van der Waals surface area contributed by atoms with Crippen LogP contribution in [-0.4, -0.2) is 23.3 Å². The summed E-state index contributed by atoms with van der Waals surface area (Å²) in [6.45, 7) is 2.25. The first kappa shape index (κ1) is 12.2. The summed E-state index contributed by atoms with van der Waals surface area (Å²) >= 11 is 0. The number of rotatable bonds is 2. The van der Waals surface area contributed by atoms with Crippen LogP contribution in [0.1, 0.15) is 42.0 Å². The first-order chi connectivity index (χ1) is 9.90. The third-order valence-corrected chi connectivity index (χ3v) is 4.77. The van der Waals surface area contributed by atoms with Gasteiger partial charge < -0.3 is 5.32 Å². The summed E-state index contributed by atoms with van der Waals surface area (Å²) in [5, 5.41) is 11.2. The monoisotopic (exact) mass is 267 g/mol. The second kappa shape index (κ2) is 5.06. The predicted octanol–water partition coefficient (Wildman–Crippen LogP) is 3.03. The Hall–Kier alpha value is -1.61. The number of hydrogen-bond acceptors (Lipinski definition) is 2. The molecule has 1 saturated heterocycles. The van der Waals surface area contributed by atoms with Crippen molar-refractivity contribution in [1.29, 1.82) is 0 Å². The van der Waals surface area contributed by atoms with Crippen LogP contribution in [0.15, 0.2) is 24.3 Å². The van der Waals surface area contributed by atoms with Crippen molar-refractivity contribution >= 4 is 0 Å². The highest BCUT2D eigenvalue weighted by Gasteiger charge is 2.18. The molecule has 4 rings (SSSR count). The summed E-state index contributed by atoms with van der Waals surface area (Å²) in [5.74, 6) is 0.645. The van der Waals surface area contributed by atoms with E-state index in [2.05, 4.69) is 39.8 Å². The average molecular weight is 267 g/mol. The number of nitrogens with one attached hydrogen (secondary N) is 2. The second-order valence-corrected chi connectivity index (χ2v) is 6.07. The van der Waals surface area contributed by atoms with Crippen LogP contribution in [-0.2, 0) is 12.8 Å². The molecule has 104 valence electrons. The van der Waals surface area contributed by atoms with Crippen LogP contribution < -0.4 is 5.32 Å². The molecule has 1 aliphatic heterocycles. The summed E-state index contributed by atoms with van der Waals surface area (Å²) in [6.07, 6.45) is 6.21. The summed E-state index contributed by atoms with van der Waals surface area (Å²) in [5.41, 5.74) is 6.73. The molecule has 2 aliphatic rings. The Labute approximate surface area is 119 Å². The molecule has 1 fully saturated rings. The SMILES string of the molecule is c1cc2c(cc1-c1cc(C3CCNCC3)[nH]n1)CCC2. The third-order valence-electron chi connectivity index (χ3n) is 4.77. The van der Waals surface area contributed by atoms with Crippen molar-refractivity contribution in [3.05, 3.63) is 41.1 Å². The number of hydrogen-bond donors (Lipinski definition) is 2. The highest BCUT2D eigenvalue weighted by Crippen LogP contribution is 2.30. The minimum atomic E-state index is 0.645. The van der Waals surface area contributed by atoms with Gasteiger partial charge in [0, 0.05) is 17.2 Å². The van der Waals surface area contributed by atoms with Crippen molar-refractivity contribution < 1.29 is 0 Å². The van der Waals surface area contributed by atoms with Gasteiger partial charge in [-0.05, 0) is 68.5 Å². The number of aromatic amines is 1. The van der Waals surface area contributed by atoms with Crippen LogP contribution in [0.5, 0.6) is 0 Å². The van der Waals surface area contributed by atoms with E-state index in [1.165, 1.54) is 54.5 Å². The maximum absolute atomic E-state index is 4.54. The highest BCUT2D eigenvalue weighted by molar-refractivity contribution is 5.62. The van der Waals surface area contributed by atoms with E-state index in [4.69, 9.17) is 0 Å². The Morgan fingerprint density at radius 2 is 1.85 bits per heavy atom. The van der Waals surface area contributed by atoms with E-state index < -0.39 is 0 Å². The molecule has 0 spiro atoms. The van der Waals surface area contributed by atoms with Crippen LogP contribution in [0.25, 0.3) is 11.3 Å². The zero-order valence-corrected chi connectivity index (χ0v) is 11.8. The number of aromatic nitrogens is 2. The average Bonchev–Trinajstić information content (AvgIpc) is 3.16. The van der Waals surface area contributed by atoms with E-state index in [1.807, 2.05) is 0 Å². The van der Waals surface area contributed by atoms with E-state index in [9.17, 15) is 0 Å². The summed E-state index contributed by atoms with van der Waals surface area (Å²) in [4.78, 5) is 0. The molecule has 2 heterocycles. The quantitative estimate of drug-likeness (QED) is 0.878. The Morgan fingerprint density at radius 1 is 1.00 bits per heavy atom. The summed E-state index contributed by atoms with van der Waals surface area (Å²) < 4.78 is 0. The van der Waals surface area contributed by atoms with Gasteiger partial charge in [-0.3, -0.25) is 5.10 Å². The van der Waals surface area contributed by atoms with Gasteiger partial charge in [0.15, 0.2) is 0 Å². The molecule has 1 aromatic carbocycles. The largest absolute Gasteiger partial charge is 0.317 e. The van der Waals surface area contributed by atoms with Gasteiger partial charge in [0.05, 0.1) is 5.69 Å². The van der Waals surface area contributed by atoms with Crippen LogP contribution in [0.2, 0.25) is 0 Å². The molecule has 2 aromatic rings. The number of fused-ring (bicyclic) bond motifs is 1. The molecule has 0 unspecified atom stereocenters. The van der Waals surface area contributed by atoms with E-state index in [0.29, 0.717) is 5.92 Å². The van der Waals surface area contributed by atoms with Crippen molar-refractivity contribution in [3.8, 4) is 11.3 Å². The van der Waals surface area contributed by atoms with Gasteiger partial charge in [0.2, 0.25) is 0 Å². The van der Waals surface area contributed by atoms with Crippen molar-refractivity contribution in [2.45, 2.75) is 38.0 Å². The number of nitrogens with zero attached hydrogens (tertiary/aromatic N) is 1. The fraction of sp³-hybridized carbons (Fsp3) is 0.471. The lowest BCUT2D eigenvalue weighted by atomic mass is 9.94. The van der Waals surface area contributed by atoms with Crippen LogP contribution in [0, 0.1) is 0 Å². The molecule has 2 N–H and O–H groups in total. The van der Waals surface area contributed by atoms with Crippen LogP contribution in [0.3, 0.4) is 0 Å².